The van der Waals surface area contributed by atoms with Gasteiger partial charge >= 0.3 is 5.97 Å². The van der Waals surface area contributed by atoms with E-state index in [0.717, 1.165) is 43.3 Å². The number of aliphatic carboxylic acids is 1. The number of carbonyl (C=O) groups is 1. The van der Waals surface area contributed by atoms with E-state index in [2.05, 4.69) is 28.7 Å². The quantitative estimate of drug-likeness (QED) is 0.916. The third-order valence-electron chi connectivity index (χ3n) is 3.81. The Morgan fingerprint density at radius 1 is 1.40 bits per heavy atom. The van der Waals surface area contributed by atoms with Gasteiger partial charge in [-0.25, -0.2) is 9.97 Å². The lowest BCUT2D eigenvalue weighted by atomic mass is 9.94. The SMILES string of the molecule is Cc1cc(C(C)C)nc(N2CCC(CC(=O)O)CC2)n1. The topological polar surface area (TPSA) is 66.3 Å². The van der Waals surface area contributed by atoms with Gasteiger partial charge in [-0.2, -0.15) is 0 Å². The molecule has 5 nitrogen and oxygen atoms in total. The van der Waals surface area contributed by atoms with Crippen LogP contribution in [-0.4, -0.2) is 34.1 Å². The molecule has 1 fully saturated rings. The second kappa shape index (κ2) is 6.20. The fraction of sp³-hybridized carbons (Fsp3) is 0.667. The summed E-state index contributed by atoms with van der Waals surface area (Å²) < 4.78 is 0. The standard InChI is InChI=1S/C15H23N3O2/c1-10(2)13-8-11(3)16-15(17-13)18-6-4-12(5-7-18)9-14(19)20/h8,10,12H,4-7,9H2,1-3H3,(H,19,20). The summed E-state index contributed by atoms with van der Waals surface area (Å²) in [4.78, 5) is 22.1. The van der Waals surface area contributed by atoms with Crippen LogP contribution in [0.3, 0.4) is 0 Å². The van der Waals surface area contributed by atoms with Crippen LogP contribution in [0.5, 0.6) is 0 Å². The fourth-order valence-corrected chi connectivity index (χ4v) is 2.60. The molecule has 110 valence electrons. The summed E-state index contributed by atoms with van der Waals surface area (Å²) in [6.07, 6.45) is 2.08. The van der Waals surface area contributed by atoms with Crippen LogP contribution in [0.4, 0.5) is 5.95 Å². The fourth-order valence-electron chi connectivity index (χ4n) is 2.60. The Labute approximate surface area is 120 Å². The molecular weight excluding hydrogens is 254 g/mol. The summed E-state index contributed by atoms with van der Waals surface area (Å²) in [7, 11) is 0. The predicted octanol–water partition coefficient (Wildman–Crippen LogP) is 2.60. The van der Waals surface area contributed by atoms with E-state index in [0.29, 0.717) is 5.92 Å². The van der Waals surface area contributed by atoms with Gasteiger partial charge in [-0.15, -0.1) is 0 Å². The molecule has 1 saturated heterocycles. The van der Waals surface area contributed by atoms with Crippen molar-refractivity contribution in [2.75, 3.05) is 18.0 Å². The van der Waals surface area contributed by atoms with E-state index in [9.17, 15) is 4.79 Å². The van der Waals surface area contributed by atoms with Crippen LogP contribution in [0.1, 0.15) is 50.4 Å². The predicted molar refractivity (Wildman–Crippen MR) is 78.0 cm³/mol. The normalized spacial score (nSPS) is 16.7. The summed E-state index contributed by atoms with van der Waals surface area (Å²) in [5.74, 6) is 0.776. The van der Waals surface area contributed by atoms with Crippen LogP contribution in [0, 0.1) is 12.8 Å². The van der Waals surface area contributed by atoms with Crippen molar-refractivity contribution in [3.05, 3.63) is 17.5 Å². The Kier molecular flexibility index (Phi) is 4.57. The second-order valence-corrected chi connectivity index (χ2v) is 5.92. The van der Waals surface area contributed by atoms with Gasteiger partial charge in [0.05, 0.1) is 0 Å². The lowest BCUT2D eigenvalue weighted by Crippen LogP contribution is -2.35. The number of carboxylic acid groups (broad SMARTS) is 1. The summed E-state index contributed by atoms with van der Waals surface area (Å²) in [6.45, 7) is 7.95. The Morgan fingerprint density at radius 2 is 2.05 bits per heavy atom. The zero-order valence-electron chi connectivity index (χ0n) is 12.5. The first-order valence-electron chi connectivity index (χ1n) is 7.28. The number of piperidine rings is 1. The van der Waals surface area contributed by atoms with Gasteiger partial charge in [-0.05, 0) is 37.7 Å². The smallest absolute Gasteiger partial charge is 0.303 e. The summed E-state index contributed by atoms with van der Waals surface area (Å²) in [5, 5.41) is 8.84. The molecule has 1 N–H and O–H groups in total. The Hall–Kier alpha value is -1.65. The maximum atomic E-state index is 10.7. The molecule has 5 heteroatoms. The highest BCUT2D eigenvalue weighted by atomic mass is 16.4. The molecule has 1 aromatic heterocycles. The molecule has 1 aromatic rings. The van der Waals surface area contributed by atoms with E-state index in [1.807, 2.05) is 13.0 Å². The highest BCUT2D eigenvalue weighted by Gasteiger charge is 2.23. The number of aryl methyl sites for hydroxylation is 1. The first-order chi connectivity index (χ1) is 9.45. The molecule has 20 heavy (non-hydrogen) atoms. The highest BCUT2D eigenvalue weighted by molar-refractivity contribution is 5.67. The molecule has 0 aromatic carbocycles. The van der Waals surface area contributed by atoms with Crippen molar-refractivity contribution in [2.45, 2.75) is 46.0 Å². The Bertz CT molecular complexity index is 480. The molecule has 0 spiro atoms. The van der Waals surface area contributed by atoms with E-state index in [1.54, 1.807) is 0 Å². The van der Waals surface area contributed by atoms with E-state index < -0.39 is 5.97 Å². The molecule has 0 saturated carbocycles. The first kappa shape index (κ1) is 14.8. The van der Waals surface area contributed by atoms with E-state index in [1.165, 1.54) is 0 Å². The van der Waals surface area contributed by atoms with Gasteiger partial charge in [0.2, 0.25) is 5.95 Å². The van der Waals surface area contributed by atoms with Crippen LogP contribution in [-0.2, 0) is 4.79 Å². The Balaban J connectivity index is 2.05. The minimum Gasteiger partial charge on any atom is -0.481 e. The second-order valence-electron chi connectivity index (χ2n) is 5.92. The molecule has 0 unspecified atom stereocenters. The van der Waals surface area contributed by atoms with Crippen molar-refractivity contribution in [1.82, 2.24) is 9.97 Å². The van der Waals surface area contributed by atoms with Crippen LogP contribution < -0.4 is 4.90 Å². The average Bonchev–Trinajstić information content (AvgIpc) is 2.38. The maximum Gasteiger partial charge on any atom is 0.303 e. The van der Waals surface area contributed by atoms with Crippen molar-refractivity contribution in [2.24, 2.45) is 5.92 Å². The number of carboxylic acids is 1. The molecule has 0 amide bonds. The number of aromatic nitrogens is 2. The van der Waals surface area contributed by atoms with E-state index >= 15 is 0 Å². The maximum absolute atomic E-state index is 10.7. The van der Waals surface area contributed by atoms with Gasteiger partial charge in [0.25, 0.3) is 0 Å². The Morgan fingerprint density at radius 3 is 2.60 bits per heavy atom. The van der Waals surface area contributed by atoms with Crippen molar-refractivity contribution in [3.8, 4) is 0 Å². The van der Waals surface area contributed by atoms with Crippen LogP contribution >= 0.6 is 0 Å². The van der Waals surface area contributed by atoms with Gasteiger partial charge in [-0.1, -0.05) is 13.8 Å². The number of nitrogens with zero attached hydrogens (tertiary/aromatic N) is 3. The van der Waals surface area contributed by atoms with Crippen molar-refractivity contribution in [3.63, 3.8) is 0 Å². The number of hydrogen-bond acceptors (Lipinski definition) is 4. The zero-order valence-corrected chi connectivity index (χ0v) is 12.5. The first-order valence-corrected chi connectivity index (χ1v) is 7.28. The van der Waals surface area contributed by atoms with E-state index in [-0.39, 0.29) is 12.3 Å². The molecule has 2 rings (SSSR count). The lowest BCUT2D eigenvalue weighted by Gasteiger charge is -2.31. The largest absolute Gasteiger partial charge is 0.481 e. The minimum atomic E-state index is -0.697. The molecule has 1 aliphatic rings. The zero-order chi connectivity index (χ0) is 14.7. The third-order valence-corrected chi connectivity index (χ3v) is 3.81. The minimum absolute atomic E-state index is 0.278. The molecule has 2 heterocycles. The van der Waals surface area contributed by atoms with Crippen molar-refractivity contribution >= 4 is 11.9 Å². The third kappa shape index (κ3) is 3.68. The number of rotatable bonds is 4. The van der Waals surface area contributed by atoms with Crippen LogP contribution in [0.2, 0.25) is 0 Å². The van der Waals surface area contributed by atoms with Gasteiger partial charge in [0.1, 0.15) is 0 Å². The van der Waals surface area contributed by atoms with E-state index in [4.69, 9.17) is 5.11 Å². The lowest BCUT2D eigenvalue weighted by molar-refractivity contribution is -0.138. The molecule has 0 radical (unpaired) electrons. The molecular formula is C15H23N3O2. The monoisotopic (exact) mass is 277 g/mol. The molecule has 1 aliphatic heterocycles. The van der Waals surface area contributed by atoms with Crippen LogP contribution in [0.25, 0.3) is 0 Å². The highest BCUT2D eigenvalue weighted by Crippen LogP contribution is 2.24. The van der Waals surface area contributed by atoms with Gasteiger partial charge in [0, 0.05) is 30.9 Å². The summed E-state index contributed by atoms with van der Waals surface area (Å²) >= 11 is 0. The molecule has 0 bridgehead atoms. The molecule has 0 atom stereocenters. The van der Waals surface area contributed by atoms with Gasteiger partial charge in [-0.3, -0.25) is 4.79 Å². The number of anilines is 1. The van der Waals surface area contributed by atoms with Gasteiger partial charge < -0.3 is 10.0 Å². The summed E-state index contributed by atoms with van der Waals surface area (Å²) in [5.41, 5.74) is 2.06. The number of hydrogen-bond donors (Lipinski definition) is 1. The van der Waals surface area contributed by atoms with Crippen molar-refractivity contribution < 1.29 is 9.90 Å². The molecule has 0 aliphatic carbocycles. The van der Waals surface area contributed by atoms with Gasteiger partial charge in [0.15, 0.2) is 0 Å². The van der Waals surface area contributed by atoms with Crippen molar-refractivity contribution in [1.29, 1.82) is 0 Å². The summed E-state index contributed by atoms with van der Waals surface area (Å²) in [6, 6.07) is 2.03. The van der Waals surface area contributed by atoms with Crippen LogP contribution in [0.15, 0.2) is 6.07 Å². The average molecular weight is 277 g/mol.